The van der Waals surface area contributed by atoms with Crippen molar-refractivity contribution in [2.24, 2.45) is 0 Å². The number of ether oxygens (including phenoxy) is 2. The highest BCUT2D eigenvalue weighted by atomic mass is 32.2. The molecule has 0 saturated heterocycles. The Morgan fingerprint density at radius 1 is 1.50 bits per heavy atom. The van der Waals surface area contributed by atoms with Crippen LogP contribution in [0.3, 0.4) is 0 Å². The number of benzene rings is 1. The normalized spacial score (nSPS) is 11.6. The fourth-order valence-corrected chi connectivity index (χ4v) is 2.65. The second kappa shape index (κ2) is 9.46. The smallest absolute Gasteiger partial charge is 0.413 e. The summed E-state index contributed by atoms with van der Waals surface area (Å²) in [4.78, 5) is 11.7. The van der Waals surface area contributed by atoms with Gasteiger partial charge in [0.25, 0.3) is 0 Å². The quantitative estimate of drug-likeness (QED) is 0.310. The fourth-order valence-electron chi connectivity index (χ4n) is 1.48. The molecule has 0 heterocycles. The summed E-state index contributed by atoms with van der Waals surface area (Å²) >= 11 is 3.75. The van der Waals surface area contributed by atoms with Crippen LogP contribution in [0.5, 0.6) is 0 Å². The van der Waals surface area contributed by atoms with Gasteiger partial charge < -0.3 is 25.1 Å². The summed E-state index contributed by atoms with van der Waals surface area (Å²) in [6, 6.07) is 4.93. The molecule has 1 atom stereocenters. The SMILES string of the molecule is CCOCC[S+]([O-])c1ccc(N)c(NC(=S)NC(=O)OC)c1. The van der Waals surface area contributed by atoms with Crippen LogP contribution < -0.4 is 16.4 Å². The molecule has 0 fully saturated rings. The van der Waals surface area contributed by atoms with E-state index in [1.165, 1.54) is 7.11 Å². The van der Waals surface area contributed by atoms with Crippen molar-refractivity contribution < 1.29 is 18.8 Å². The fraction of sp³-hybridized carbons (Fsp3) is 0.385. The molecule has 0 aromatic heterocycles. The number of amides is 1. The van der Waals surface area contributed by atoms with E-state index >= 15 is 0 Å². The van der Waals surface area contributed by atoms with Crippen molar-refractivity contribution in [1.82, 2.24) is 5.32 Å². The molecule has 1 aromatic rings. The van der Waals surface area contributed by atoms with Crippen molar-refractivity contribution in [2.45, 2.75) is 11.8 Å². The van der Waals surface area contributed by atoms with Crippen LogP contribution in [0.1, 0.15) is 6.92 Å². The van der Waals surface area contributed by atoms with E-state index in [2.05, 4.69) is 15.4 Å². The zero-order valence-electron chi connectivity index (χ0n) is 12.4. The molecule has 0 bridgehead atoms. The van der Waals surface area contributed by atoms with E-state index in [1.54, 1.807) is 18.2 Å². The molecule has 122 valence electrons. The number of hydrogen-bond donors (Lipinski definition) is 3. The summed E-state index contributed by atoms with van der Waals surface area (Å²) in [6.45, 7) is 2.88. The Labute approximate surface area is 137 Å². The third-order valence-electron chi connectivity index (χ3n) is 2.55. The van der Waals surface area contributed by atoms with Crippen LogP contribution in [0.2, 0.25) is 0 Å². The van der Waals surface area contributed by atoms with Gasteiger partial charge in [-0.1, -0.05) is 0 Å². The number of nitrogen functional groups attached to an aromatic ring is 1. The van der Waals surface area contributed by atoms with Crippen molar-refractivity contribution in [3.63, 3.8) is 0 Å². The van der Waals surface area contributed by atoms with Crippen molar-refractivity contribution >= 4 is 46.0 Å². The van der Waals surface area contributed by atoms with Crippen molar-refractivity contribution in [1.29, 1.82) is 0 Å². The van der Waals surface area contributed by atoms with E-state index < -0.39 is 17.3 Å². The monoisotopic (exact) mass is 345 g/mol. The molecule has 1 aromatic carbocycles. The van der Waals surface area contributed by atoms with E-state index in [4.69, 9.17) is 22.7 Å². The van der Waals surface area contributed by atoms with Crippen LogP contribution in [0.25, 0.3) is 0 Å². The standard InChI is InChI=1S/C13H19N3O4S2/c1-3-20-6-7-22(18)9-4-5-10(14)11(8-9)15-12(21)16-13(17)19-2/h4-5,8H,3,6-7,14H2,1-2H3,(H2,15,16,17,21). The van der Waals surface area contributed by atoms with Gasteiger partial charge in [0.2, 0.25) is 0 Å². The number of hydrogen-bond acceptors (Lipinski definition) is 6. The second-order valence-electron chi connectivity index (χ2n) is 4.07. The van der Waals surface area contributed by atoms with Gasteiger partial charge in [-0.05, 0) is 42.5 Å². The first-order valence-corrected chi connectivity index (χ1v) is 8.22. The number of nitrogens with two attached hydrogens (primary N) is 1. The van der Waals surface area contributed by atoms with Gasteiger partial charge in [0.05, 0.1) is 25.1 Å². The summed E-state index contributed by atoms with van der Waals surface area (Å²) in [7, 11) is 1.23. The number of anilines is 2. The Kier molecular flexibility index (Phi) is 7.96. The highest BCUT2D eigenvalue weighted by molar-refractivity contribution is 7.91. The lowest BCUT2D eigenvalue weighted by Crippen LogP contribution is -2.34. The summed E-state index contributed by atoms with van der Waals surface area (Å²) in [5.41, 5.74) is 6.71. The molecule has 0 aliphatic rings. The van der Waals surface area contributed by atoms with Gasteiger partial charge in [-0.2, -0.15) is 0 Å². The number of nitrogens with one attached hydrogen (secondary N) is 2. The van der Waals surface area contributed by atoms with Gasteiger partial charge in [0.15, 0.2) is 10.0 Å². The number of methoxy groups -OCH3 is 1. The first kappa shape index (κ1) is 18.5. The van der Waals surface area contributed by atoms with Gasteiger partial charge in [0, 0.05) is 12.7 Å². The van der Waals surface area contributed by atoms with Crippen LogP contribution in [-0.4, -0.2) is 41.8 Å². The molecule has 0 spiro atoms. The Hall–Kier alpha value is -1.55. The molecule has 0 radical (unpaired) electrons. The molecule has 1 unspecified atom stereocenters. The topological polar surface area (TPSA) is 109 Å². The zero-order valence-corrected chi connectivity index (χ0v) is 14.0. The molecule has 9 heteroatoms. The van der Waals surface area contributed by atoms with E-state index in [0.29, 0.717) is 35.2 Å². The van der Waals surface area contributed by atoms with Crippen LogP contribution in [0.15, 0.2) is 23.1 Å². The highest BCUT2D eigenvalue weighted by Crippen LogP contribution is 2.23. The van der Waals surface area contributed by atoms with Crippen LogP contribution in [-0.2, 0) is 20.6 Å². The zero-order chi connectivity index (χ0) is 16.5. The lowest BCUT2D eigenvalue weighted by Gasteiger charge is -2.14. The number of alkyl carbamates (subject to hydrolysis) is 1. The lowest BCUT2D eigenvalue weighted by atomic mass is 10.3. The predicted molar refractivity (Wildman–Crippen MR) is 90.4 cm³/mol. The minimum atomic E-state index is -1.21. The number of carbonyl (C=O) groups excluding carboxylic acids is 1. The minimum Gasteiger partial charge on any atom is -0.611 e. The van der Waals surface area contributed by atoms with Gasteiger partial charge >= 0.3 is 6.09 Å². The summed E-state index contributed by atoms with van der Waals surface area (Å²) in [6.07, 6.45) is -0.687. The van der Waals surface area contributed by atoms with E-state index in [1.807, 2.05) is 6.92 Å². The number of carbonyl (C=O) groups is 1. The summed E-state index contributed by atoms with van der Waals surface area (Å²) < 4.78 is 21.8. The molecule has 0 aliphatic heterocycles. The van der Waals surface area contributed by atoms with Gasteiger partial charge in [0.1, 0.15) is 5.75 Å². The minimum absolute atomic E-state index is 0.0378. The maximum absolute atomic E-state index is 12.1. The Morgan fingerprint density at radius 2 is 2.23 bits per heavy atom. The molecule has 22 heavy (non-hydrogen) atoms. The first-order valence-electron chi connectivity index (χ1n) is 6.49. The average Bonchev–Trinajstić information content (AvgIpc) is 2.49. The van der Waals surface area contributed by atoms with E-state index in [9.17, 15) is 9.35 Å². The summed E-state index contributed by atoms with van der Waals surface area (Å²) in [5, 5.41) is 5.11. The third kappa shape index (κ3) is 6.06. The second-order valence-corrected chi connectivity index (χ2v) is 6.05. The molecule has 0 saturated carbocycles. The maximum Gasteiger partial charge on any atom is 0.413 e. The van der Waals surface area contributed by atoms with Gasteiger partial charge in [-0.25, -0.2) is 4.79 Å². The summed E-state index contributed by atoms with van der Waals surface area (Å²) in [5.74, 6) is 0.391. The van der Waals surface area contributed by atoms with E-state index in [-0.39, 0.29) is 5.11 Å². The predicted octanol–water partition coefficient (Wildman–Crippen LogP) is 1.47. The van der Waals surface area contributed by atoms with Crippen LogP contribution in [0.4, 0.5) is 16.2 Å². The van der Waals surface area contributed by atoms with Crippen molar-refractivity contribution in [2.75, 3.05) is 37.1 Å². The van der Waals surface area contributed by atoms with Gasteiger partial charge in [-0.3, -0.25) is 5.32 Å². The average molecular weight is 345 g/mol. The Morgan fingerprint density at radius 3 is 2.86 bits per heavy atom. The lowest BCUT2D eigenvalue weighted by molar-refractivity contribution is 0.163. The molecule has 1 amide bonds. The largest absolute Gasteiger partial charge is 0.611 e. The number of rotatable bonds is 6. The molecule has 1 rings (SSSR count). The van der Waals surface area contributed by atoms with Crippen LogP contribution in [0, 0.1) is 0 Å². The van der Waals surface area contributed by atoms with E-state index in [0.717, 1.165) is 0 Å². The number of thiocarbonyl (C=S) groups is 1. The Bertz CT molecular complexity index is 528. The molecule has 0 aliphatic carbocycles. The van der Waals surface area contributed by atoms with Crippen LogP contribution >= 0.6 is 12.2 Å². The third-order valence-corrected chi connectivity index (χ3v) is 4.08. The molecular weight excluding hydrogens is 326 g/mol. The van der Waals surface area contributed by atoms with Crippen molar-refractivity contribution in [3.05, 3.63) is 18.2 Å². The molecule has 7 nitrogen and oxygen atoms in total. The maximum atomic E-state index is 12.1. The molecule has 4 N–H and O–H groups in total. The van der Waals surface area contributed by atoms with Crippen molar-refractivity contribution in [3.8, 4) is 0 Å². The Balaban J connectivity index is 2.72. The molecular formula is C13H19N3O4S2. The first-order chi connectivity index (χ1) is 10.5. The highest BCUT2D eigenvalue weighted by Gasteiger charge is 2.14. The van der Waals surface area contributed by atoms with Gasteiger partial charge in [-0.15, -0.1) is 0 Å².